The fourth-order valence-corrected chi connectivity index (χ4v) is 5.11. The zero-order valence-electron chi connectivity index (χ0n) is 21.8. The Hall–Kier alpha value is -4.04. The molecule has 2 N–H and O–H groups in total. The molecule has 5 rings (SSSR count). The van der Waals surface area contributed by atoms with Crippen molar-refractivity contribution in [1.82, 2.24) is 14.8 Å². The Labute approximate surface area is 227 Å². The van der Waals surface area contributed by atoms with E-state index in [-0.39, 0.29) is 5.91 Å². The van der Waals surface area contributed by atoms with E-state index in [1.165, 1.54) is 5.56 Å². The fraction of sp³-hybridized carbons (Fsp3) is 0.233. The number of hydrogen-bond acceptors (Lipinski definition) is 6. The van der Waals surface area contributed by atoms with Gasteiger partial charge in [-0.3, -0.25) is 4.79 Å². The lowest BCUT2D eigenvalue weighted by molar-refractivity contribution is -0.113. The number of carbonyl (C=O) groups excluding carboxylic acids is 1. The molecular weight excluding hydrogens is 494 g/mol. The predicted molar refractivity (Wildman–Crippen MR) is 153 cm³/mol. The number of nitrogens with zero attached hydrogens (tertiary/aromatic N) is 3. The molecule has 0 bridgehead atoms. The highest BCUT2D eigenvalue weighted by Crippen LogP contribution is 2.37. The third kappa shape index (κ3) is 5.75. The molecule has 194 valence electrons. The zero-order valence-corrected chi connectivity index (χ0v) is 22.6. The van der Waals surface area contributed by atoms with Gasteiger partial charge in [-0.25, -0.2) is 4.68 Å². The smallest absolute Gasteiger partial charge is 0.255 e. The Morgan fingerprint density at radius 2 is 1.84 bits per heavy atom. The maximum absolute atomic E-state index is 13.6. The number of anilines is 2. The van der Waals surface area contributed by atoms with Gasteiger partial charge in [0, 0.05) is 17.1 Å². The number of rotatable bonds is 9. The van der Waals surface area contributed by atoms with Gasteiger partial charge >= 0.3 is 0 Å². The van der Waals surface area contributed by atoms with Gasteiger partial charge in [0.25, 0.3) is 5.91 Å². The Bertz CT molecular complexity index is 1450. The molecule has 3 aromatic carbocycles. The van der Waals surface area contributed by atoms with Crippen LogP contribution in [-0.2, 0) is 11.4 Å². The second kappa shape index (κ2) is 11.6. The molecule has 8 heteroatoms. The van der Waals surface area contributed by atoms with Crippen LogP contribution in [0.3, 0.4) is 0 Å². The number of hydrogen-bond donors (Lipinski definition) is 2. The minimum Gasteiger partial charge on any atom is -0.489 e. The molecule has 0 fully saturated rings. The number of allylic oxidation sites excluding steroid dienone is 1. The van der Waals surface area contributed by atoms with E-state index in [0.29, 0.717) is 23.3 Å². The first-order valence-electron chi connectivity index (χ1n) is 12.7. The lowest BCUT2D eigenvalue weighted by Gasteiger charge is -2.28. The summed E-state index contributed by atoms with van der Waals surface area (Å²) >= 11 is 1.61. The standard InChI is InChI=1S/C30H31N5O2S/c1-4-17-38-30-33-29-31-21(3)26(28(36)32-24-11-6-5-7-12-24)27(35(29)34-30)23-13-15-25(16-14-23)37-19-22-10-8-9-20(2)18-22/h5-16,18,27H,4,17,19H2,1-3H3,(H,32,36)(H,31,33,34). The van der Waals surface area contributed by atoms with Crippen molar-refractivity contribution in [2.45, 2.75) is 45.0 Å². The monoisotopic (exact) mass is 525 g/mol. The average molecular weight is 526 g/mol. The first kappa shape index (κ1) is 25.6. The topological polar surface area (TPSA) is 81.1 Å². The van der Waals surface area contributed by atoms with Gasteiger partial charge < -0.3 is 15.4 Å². The van der Waals surface area contributed by atoms with Crippen molar-refractivity contribution in [3.05, 3.63) is 107 Å². The summed E-state index contributed by atoms with van der Waals surface area (Å²) in [4.78, 5) is 18.3. The van der Waals surface area contributed by atoms with Gasteiger partial charge in [-0.2, -0.15) is 4.98 Å². The molecule has 1 aromatic heterocycles. The summed E-state index contributed by atoms with van der Waals surface area (Å²) in [6.07, 6.45) is 1.03. The number of fused-ring (bicyclic) bond motifs is 1. The van der Waals surface area contributed by atoms with Crippen LogP contribution in [0.5, 0.6) is 5.75 Å². The van der Waals surface area contributed by atoms with Gasteiger partial charge in [0.15, 0.2) is 0 Å². The van der Waals surface area contributed by atoms with E-state index in [4.69, 9.17) is 14.8 Å². The van der Waals surface area contributed by atoms with Crippen LogP contribution in [0.2, 0.25) is 0 Å². The van der Waals surface area contributed by atoms with Crippen molar-refractivity contribution < 1.29 is 9.53 Å². The molecule has 0 saturated carbocycles. The second-order valence-electron chi connectivity index (χ2n) is 9.24. The van der Waals surface area contributed by atoms with Crippen molar-refractivity contribution in [3.8, 4) is 5.75 Å². The van der Waals surface area contributed by atoms with E-state index < -0.39 is 6.04 Å². The minimum absolute atomic E-state index is 0.185. The van der Waals surface area contributed by atoms with Crippen LogP contribution in [0.15, 0.2) is 95.3 Å². The zero-order chi connectivity index (χ0) is 26.5. The SMILES string of the molecule is CCCSc1nc2n(n1)C(c1ccc(OCc3cccc(C)c3)cc1)C(C(=O)Nc1ccccc1)=C(C)N2. The number of aromatic nitrogens is 3. The van der Waals surface area contributed by atoms with Crippen molar-refractivity contribution >= 4 is 29.3 Å². The quantitative estimate of drug-likeness (QED) is 0.240. The van der Waals surface area contributed by atoms with E-state index in [1.807, 2.05) is 72.3 Å². The summed E-state index contributed by atoms with van der Waals surface area (Å²) in [5.41, 5.74) is 5.32. The first-order chi connectivity index (χ1) is 18.5. The Balaban J connectivity index is 1.44. The van der Waals surface area contributed by atoms with Gasteiger partial charge in [-0.05, 0) is 55.7 Å². The van der Waals surface area contributed by atoms with Crippen molar-refractivity contribution in [2.75, 3.05) is 16.4 Å². The highest BCUT2D eigenvalue weighted by molar-refractivity contribution is 7.99. The molecule has 1 amide bonds. The van der Waals surface area contributed by atoms with Crippen molar-refractivity contribution in [3.63, 3.8) is 0 Å². The number of amides is 1. The van der Waals surface area contributed by atoms with E-state index in [0.717, 1.165) is 40.4 Å². The highest BCUT2D eigenvalue weighted by Gasteiger charge is 2.34. The van der Waals surface area contributed by atoms with Gasteiger partial charge in [-0.15, -0.1) is 5.10 Å². The molecule has 0 radical (unpaired) electrons. The van der Waals surface area contributed by atoms with E-state index in [2.05, 4.69) is 42.7 Å². The third-order valence-electron chi connectivity index (χ3n) is 6.23. The molecule has 7 nitrogen and oxygen atoms in total. The maximum Gasteiger partial charge on any atom is 0.255 e. The Morgan fingerprint density at radius 1 is 1.05 bits per heavy atom. The van der Waals surface area contributed by atoms with E-state index in [1.54, 1.807) is 11.8 Å². The van der Waals surface area contributed by atoms with E-state index >= 15 is 0 Å². The van der Waals surface area contributed by atoms with Crippen LogP contribution in [0.4, 0.5) is 11.6 Å². The van der Waals surface area contributed by atoms with Gasteiger partial charge in [-0.1, -0.05) is 78.8 Å². The first-order valence-corrected chi connectivity index (χ1v) is 13.7. The Kier molecular flexibility index (Phi) is 7.79. The fourth-order valence-electron chi connectivity index (χ4n) is 4.42. The lowest BCUT2D eigenvalue weighted by atomic mass is 9.95. The number of nitrogens with one attached hydrogen (secondary N) is 2. The molecular formula is C30H31N5O2S. The molecule has 1 unspecified atom stereocenters. The molecule has 0 saturated heterocycles. The minimum atomic E-state index is -0.440. The van der Waals surface area contributed by atoms with Gasteiger partial charge in [0.2, 0.25) is 11.1 Å². The number of benzene rings is 3. The molecule has 0 spiro atoms. The number of aryl methyl sites for hydroxylation is 1. The molecule has 1 aliphatic rings. The predicted octanol–water partition coefficient (Wildman–Crippen LogP) is 6.60. The molecule has 1 atom stereocenters. The van der Waals surface area contributed by atoms with Crippen molar-refractivity contribution in [2.24, 2.45) is 0 Å². The summed E-state index contributed by atoms with van der Waals surface area (Å²) in [6, 6.07) is 25.2. The normalized spacial score (nSPS) is 14.6. The van der Waals surface area contributed by atoms with Crippen molar-refractivity contribution in [1.29, 1.82) is 0 Å². The molecule has 2 heterocycles. The summed E-state index contributed by atoms with van der Waals surface area (Å²) in [7, 11) is 0. The third-order valence-corrected chi connectivity index (χ3v) is 7.27. The number of para-hydroxylation sites is 1. The maximum atomic E-state index is 13.6. The van der Waals surface area contributed by atoms with Crippen LogP contribution >= 0.6 is 11.8 Å². The van der Waals surface area contributed by atoms with E-state index in [9.17, 15) is 4.79 Å². The molecule has 1 aliphatic heterocycles. The Morgan fingerprint density at radius 3 is 2.58 bits per heavy atom. The molecule has 38 heavy (non-hydrogen) atoms. The van der Waals surface area contributed by atoms with Crippen LogP contribution in [0.25, 0.3) is 0 Å². The van der Waals surface area contributed by atoms with Gasteiger partial charge in [0.1, 0.15) is 18.4 Å². The summed E-state index contributed by atoms with van der Waals surface area (Å²) in [5, 5.41) is 11.8. The molecule has 4 aromatic rings. The van der Waals surface area contributed by atoms with Crippen LogP contribution < -0.4 is 15.4 Å². The number of carbonyl (C=O) groups is 1. The largest absolute Gasteiger partial charge is 0.489 e. The average Bonchev–Trinajstić information content (AvgIpc) is 3.33. The number of ether oxygens (including phenoxy) is 1. The van der Waals surface area contributed by atoms with Crippen LogP contribution in [0.1, 0.15) is 43.0 Å². The number of thioether (sulfide) groups is 1. The van der Waals surface area contributed by atoms with Gasteiger partial charge in [0.05, 0.1) is 5.57 Å². The van der Waals surface area contributed by atoms with Crippen LogP contribution in [0, 0.1) is 6.92 Å². The summed E-state index contributed by atoms with van der Waals surface area (Å²) in [5.74, 6) is 2.13. The summed E-state index contributed by atoms with van der Waals surface area (Å²) in [6.45, 7) is 6.60. The van der Waals surface area contributed by atoms with Crippen LogP contribution in [-0.4, -0.2) is 26.4 Å². The highest BCUT2D eigenvalue weighted by atomic mass is 32.2. The molecule has 0 aliphatic carbocycles. The second-order valence-corrected chi connectivity index (χ2v) is 10.3. The lowest BCUT2D eigenvalue weighted by Crippen LogP contribution is -2.31. The summed E-state index contributed by atoms with van der Waals surface area (Å²) < 4.78 is 7.85.